The first-order chi connectivity index (χ1) is 16.3. The molecule has 4 saturated carbocycles. The summed E-state index contributed by atoms with van der Waals surface area (Å²) in [5, 5.41) is 23.1. The minimum absolute atomic E-state index is 0. The molecular weight excluding hydrogens is 500 g/mol. The van der Waals surface area contributed by atoms with Gasteiger partial charge >= 0.3 is 0 Å². The molecular formula is C30H53BrN2O2. The summed E-state index contributed by atoms with van der Waals surface area (Å²) in [5.41, 5.74) is 0.492. The lowest BCUT2D eigenvalue weighted by atomic mass is 9.44. The van der Waals surface area contributed by atoms with Crippen LogP contribution in [0.4, 0.5) is 0 Å². The lowest BCUT2D eigenvalue weighted by molar-refractivity contribution is -0.940. The third-order valence-corrected chi connectivity index (χ3v) is 13.2. The second-order valence-electron chi connectivity index (χ2n) is 14.6. The number of piperidine rings is 2. The summed E-state index contributed by atoms with van der Waals surface area (Å²) in [6, 6.07) is 0.835. The van der Waals surface area contributed by atoms with Gasteiger partial charge < -0.3 is 31.7 Å². The summed E-state index contributed by atoms with van der Waals surface area (Å²) < 4.78 is 1.13. The van der Waals surface area contributed by atoms with Crippen molar-refractivity contribution in [2.24, 2.45) is 34.5 Å². The number of nitrogens with zero attached hydrogens (tertiary/aromatic N) is 2. The van der Waals surface area contributed by atoms with Crippen molar-refractivity contribution in [1.82, 2.24) is 4.90 Å². The predicted molar refractivity (Wildman–Crippen MR) is 137 cm³/mol. The number of likely N-dealkylation sites (N-methyl/N-ethyl adjacent to an activating group) is 1. The molecule has 35 heavy (non-hydrogen) atoms. The van der Waals surface area contributed by atoms with Gasteiger partial charge in [0.05, 0.1) is 26.2 Å². The van der Waals surface area contributed by atoms with Gasteiger partial charge in [-0.1, -0.05) is 20.3 Å². The molecule has 2 N–H and O–H groups in total. The fourth-order valence-electron chi connectivity index (χ4n) is 11.0. The first-order valence-electron chi connectivity index (χ1n) is 15.2. The van der Waals surface area contributed by atoms with E-state index in [9.17, 15) is 10.2 Å². The predicted octanol–water partition coefficient (Wildman–Crippen LogP) is 1.83. The van der Waals surface area contributed by atoms with Crippen LogP contribution in [-0.4, -0.2) is 77.1 Å². The molecule has 0 radical (unpaired) electrons. The van der Waals surface area contributed by atoms with E-state index in [-0.39, 0.29) is 34.6 Å². The summed E-state index contributed by atoms with van der Waals surface area (Å²) in [6.45, 7) is 10.1. The number of hydrogen-bond acceptors (Lipinski definition) is 3. The van der Waals surface area contributed by atoms with Gasteiger partial charge in [0, 0.05) is 17.9 Å². The Morgan fingerprint density at radius 2 is 1.49 bits per heavy atom. The van der Waals surface area contributed by atoms with Crippen LogP contribution in [0.5, 0.6) is 0 Å². The van der Waals surface area contributed by atoms with Crippen LogP contribution < -0.4 is 17.0 Å². The molecule has 10 atom stereocenters. The maximum Gasteiger partial charge on any atom is 0.116 e. The average Bonchev–Trinajstić information content (AvgIpc) is 3.12. The zero-order valence-corrected chi connectivity index (χ0v) is 24.4. The highest BCUT2D eigenvalue weighted by molar-refractivity contribution is 5.13. The Kier molecular flexibility index (Phi) is 7.54. The summed E-state index contributed by atoms with van der Waals surface area (Å²) >= 11 is 0. The molecule has 0 aromatic rings. The van der Waals surface area contributed by atoms with E-state index in [0.29, 0.717) is 29.3 Å². The monoisotopic (exact) mass is 552 g/mol. The fraction of sp³-hybridized carbons (Fsp3) is 1.00. The molecule has 5 heteroatoms. The van der Waals surface area contributed by atoms with Gasteiger partial charge in [-0.3, -0.25) is 4.90 Å². The third kappa shape index (κ3) is 4.21. The standard InChI is InChI=1S/C30H53N2O2.BrH/c1-29-13-12-23-22(24(29)19-26(28(29)34)32(3)16-8-5-9-17-32)11-10-21-18-27(33)25(20-30(21,23)2)31-14-6-4-7-15-31;/h21-28,33-34H,4-20H2,1-3H3;1H/q+1;/p-1/t21-,22+,23-,24-,25-,26-,27-,28+,29-,30-;/m0./s1. The summed E-state index contributed by atoms with van der Waals surface area (Å²) in [5.74, 6) is 2.97. The van der Waals surface area contributed by atoms with E-state index in [0.717, 1.165) is 22.7 Å². The van der Waals surface area contributed by atoms with Crippen molar-refractivity contribution in [3.05, 3.63) is 0 Å². The highest BCUT2D eigenvalue weighted by atomic mass is 79.9. The average molecular weight is 554 g/mol. The van der Waals surface area contributed by atoms with Crippen LogP contribution in [0, 0.1) is 34.5 Å². The Morgan fingerprint density at radius 1 is 0.800 bits per heavy atom. The van der Waals surface area contributed by atoms with E-state index >= 15 is 0 Å². The number of fused-ring (bicyclic) bond motifs is 5. The molecule has 0 unspecified atom stereocenters. The fourth-order valence-corrected chi connectivity index (χ4v) is 11.0. The van der Waals surface area contributed by atoms with Crippen LogP contribution in [0.3, 0.4) is 0 Å². The Labute approximate surface area is 225 Å². The molecule has 0 aromatic carbocycles. The van der Waals surface area contributed by atoms with Gasteiger partial charge in [0.15, 0.2) is 0 Å². The van der Waals surface area contributed by atoms with Crippen molar-refractivity contribution in [2.75, 3.05) is 33.2 Å². The number of rotatable bonds is 2. The SMILES string of the molecule is C[C@]12C[C@H](N3CCCCC3)[C@@H](O)C[C@@H]1CC[C@@H]1[C@@H]2CC[C@]2(C)[C@H](O)[C@@H]([N+]3(C)CCCCC3)C[C@@H]12.[Br-]. The van der Waals surface area contributed by atoms with E-state index in [4.69, 9.17) is 0 Å². The minimum Gasteiger partial charge on any atom is -1.00 e. The number of likely N-dealkylation sites (tertiary alicyclic amines) is 2. The van der Waals surface area contributed by atoms with Gasteiger partial charge in [-0.25, -0.2) is 0 Å². The Bertz CT molecular complexity index is 753. The Hall–Kier alpha value is 0.320. The van der Waals surface area contributed by atoms with E-state index in [2.05, 4.69) is 25.8 Å². The van der Waals surface area contributed by atoms with E-state index in [1.807, 2.05) is 0 Å². The second-order valence-corrected chi connectivity index (χ2v) is 14.6. The quantitative estimate of drug-likeness (QED) is 0.513. The molecule has 2 aliphatic heterocycles. The highest BCUT2D eigenvalue weighted by Crippen LogP contribution is 2.67. The number of aliphatic hydroxyl groups excluding tert-OH is 2. The summed E-state index contributed by atoms with van der Waals surface area (Å²) in [6.07, 6.45) is 16.5. The number of halogens is 1. The van der Waals surface area contributed by atoms with Crippen molar-refractivity contribution < 1.29 is 31.7 Å². The smallest absolute Gasteiger partial charge is 0.116 e. The number of hydrogen-bond donors (Lipinski definition) is 2. The molecule has 6 fully saturated rings. The van der Waals surface area contributed by atoms with Gasteiger partial charge in [-0.05, 0) is 113 Å². The van der Waals surface area contributed by atoms with Gasteiger partial charge in [0.25, 0.3) is 0 Å². The maximum atomic E-state index is 11.8. The van der Waals surface area contributed by atoms with E-state index < -0.39 is 0 Å². The van der Waals surface area contributed by atoms with Crippen molar-refractivity contribution in [1.29, 1.82) is 0 Å². The lowest BCUT2D eigenvalue weighted by Gasteiger charge is -2.62. The van der Waals surface area contributed by atoms with Gasteiger partial charge in [-0.15, -0.1) is 0 Å². The molecule has 0 amide bonds. The highest BCUT2D eigenvalue weighted by Gasteiger charge is 2.65. The molecule has 6 aliphatic rings. The van der Waals surface area contributed by atoms with Crippen molar-refractivity contribution in [3.8, 4) is 0 Å². The van der Waals surface area contributed by atoms with Crippen LogP contribution in [0.15, 0.2) is 0 Å². The maximum absolute atomic E-state index is 11.8. The molecule has 202 valence electrons. The topological polar surface area (TPSA) is 43.7 Å². The van der Waals surface area contributed by atoms with Gasteiger partial charge in [0.1, 0.15) is 12.1 Å². The first-order valence-corrected chi connectivity index (χ1v) is 15.2. The molecule has 6 rings (SSSR count). The Morgan fingerprint density at radius 3 is 2.20 bits per heavy atom. The van der Waals surface area contributed by atoms with Crippen molar-refractivity contribution >= 4 is 0 Å². The first kappa shape index (κ1) is 26.9. The van der Waals surface area contributed by atoms with Gasteiger partial charge in [0.2, 0.25) is 0 Å². The van der Waals surface area contributed by atoms with Crippen molar-refractivity contribution in [3.63, 3.8) is 0 Å². The molecule has 2 saturated heterocycles. The van der Waals surface area contributed by atoms with Crippen LogP contribution in [0.2, 0.25) is 0 Å². The largest absolute Gasteiger partial charge is 1.00 e. The van der Waals surface area contributed by atoms with Crippen LogP contribution in [-0.2, 0) is 0 Å². The zero-order chi connectivity index (χ0) is 23.7. The minimum atomic E-state index is -0.124. The molecule has 2 heterocycles. The summed E-state index contributed by atoms with van der Waals surface area (Å²) in [4.78, 5) is 2.67. The normalized spacial score (nSPS) is 52.0. The van der Waals surface area contributed by atoms with Gasteiger partial charge in [-0.2, -0.15) is 0 Å². The number of quaternary nitrogens is 1. The molecule has 0 bridgehead atoms. The third-order valence-electron chi connectivity index (χ3n) is 13.2. The van der Waals surface area contributed by atoms with E-state index in [1.54, 1.807) is 0 Å². The van der Waals surface area contributed by atoms with Crippen molar-refractivity contribution in [2.45, 2.75) is 122 Å². The molecule has 4 aliphatic carbocycles. The molecule has 0 aromatic heterocycles. The lowest BCUT2D eigenvalue weighted by Crippen LogP contribution is -3.00. The molecule has 4 nitrogen and oxygen atoms in total. The number of aliphatic hydroxyl groups is 2. The van der Waals surface area contributed by atoms with E-state index in [1.165, 1.54) is 103 Å². The zero-order valence-electron chi connectivity index (χ0n) is 22.8. The van der Waals surface area contributed by atoms with Crippen LogP contribution in [0.25, 0.3) is 0 Å². The summed E-state index contributed by atoms with van der Waals surface area (Å²) in [7, 11) is 2.47. The molecule has 0 spiro atoms. The van der Waals surface area contributed by atoms with Crippen LogP contribution in [0.1, 0.15) is 97.3 Å². The Balaban J connectivity index is 0.00000253. The van der Waals surface area contributed by atoms with Crippen LogP contribution >= 0.6 is 0 Å². The second kappa shape index (κ2) is 9.81.